The van der Waals surface area contributed by atoms with Crippen LogP contribution in [-0.2, 0) is 11.0 Å². The van der Waals surface area contributed by atoms with E-state index in [4.69, 9.17) is 0 Å². The van der Waals surface area contributed by atoms with Crippen LogP contribution in [0.2, 0.25) is 0 Å². The van der Waals surface area contributed by atoms with Crippen molar-refractivity contribution in [3.8, 4) is 0 Å². The SMILES string of the molecule is O=C1N=C(N2CCCC2)S/C1=C/c1ccc(C(F)(F)F)cc1. The third kappa shape index (κ3) is 3.19. The first-order chi connectivity index (χ1) is 10.4. The number of benzene rings is 1. The minimum Gasteiger partial charge on any atom is -0.351 e. The number of rotatable bonds is 1. The summed E-state index contributed by atoms with van der Waals surface area (Å²) in [6.07, 6.45) is -0.590. The van der Waals surface area contributed by atoms with Crippen LogP contribution in [0.1, 0.15) is 24.0 Å². The first-order valence-electron chi connectivity index (χ1n) is 6.88. The summed E-state index contributed by atoms with van der Waals surface area (Å²) in [6, 6.07) is 4.74. The number of carbonyl (C=O) groups excluding carboxylic acids is 1. The second-order valence-electron chi connectivity index (χ2n) is 5.12. The van der Waals surface area contributed by atoms with Gasteiger partial charge in [-0.3, -0.25) is 4.79 Å². The van der Waals surface area contributed by atoms with Crippen LogP contribution < -0.4 is 0 Å². The number of amides is 1. The molecule has 0 spiro atoms. The predicted molar refractivity (Wildman–Crippen MR) is 80.3 cm³/mol. The molecule has 1 aromatic carbocycles. The molecule has 0 N–H and O–H groups in total. The van der Waals surface area contributed by atoms with Crippen LogP contribution in [0, 0.1) is 0 Å². The monoisotopic (exact) mass is 326 g/mol. The fraction of sp³-hybridized carbons (Fsp3) is 0.333. The number of carbonyl (C=O) groups is 1. The number of likely N-dealkylation sites (tertiary alicyclic amines) is 1. The maximum Gasteiger partial charge on any atom is 0.416 e. The van der Waals surface area contributed by atoms with Gasteiger partial charge in [0.05, 0.1) is 10.5 Å². The lowest BCUT2D eigenvalue weighted by molar-refractivity contribution is -0.137. The van der Waals surface area contributed by atoms with Gasteiger partial charge in [-0.15, -0.1) is 0 Å². The third-order valence-electron chi connectivity index (χ3n) is 3.52. The summed E-state index contributed by atoms with van der Waals surface area (Å²) in [4.78, 5) is 18.4. The molecule has 22 heavy (non-hydrogen) atoms. The molecular formula is C15H13F3N2OS. The highest BCUT2D eigenvalue weighted by molar-refractivity contribution is 8.18. The number of amidine groups is 1. The molecule has 2 aliphatic rings. The Morgan fingerprint density at radius 3 is 2.36 bits per heavy atom. The molecule has 1 amide bonds. The number of hydrogen-bond acceptors (Lipinski definition) is 3. The molecule has 0 atom stereocenters. The molecule has 2 aliphatic heterocycles. The number of alkyl halides is 3. The van der Waals surface area contributed by atoms with Crippen molar-refractivity contribution in [1.29, 1.82) is 0 Å². The van der Waals surface area contributed by atoms with Gasteiger partial charge in [-0.2, -0.15) is 18.2 Å². The molecule has 2 heterocycles. The number of aliphatic imine (C=N–C) groups is 1. The molecule has 0 radical (unpaired) electrons. The molecule has 3 nitrogen and oxygen atoms in total. The van der Waals surface area contributed by atoms with Gasteiger partial charge < -0.3 is 4.90 Å². The average Bonchev–Trinajstić information content (AvgIpc) is 3.09. The fourth-order valence-electron chi connectivity index (χ4n) is 2.36. The Bertz CT molecular complexity index is 644. The summed E-state index contributed by atoms with van der Waals surface area (Å²) in [5.41, 5.74) is -0.143. The molecule has 1 fully saturated rings. The molecular weight excluding hydrogens is 313 g/mol. The van der Waals surface area contributed by atoms with E-state index in [0.29, 0.717) is 15.6 Å². The second-order valence-corrected chi connectivity index (χ2v) is 6.13. The Labute approximate surface area is 129 Å². The van der Waals surface area contributed by atoms with Crippen molar-refractivity contribution in [2.45, 2.75) is 19.0 Å². The molecule has 116 valence electrons. The lowest BCUT2D eigenvalue weighted by Crippen LogP contribution is -2.23. The van der Waals surface area contributed by atoms with Crippen molar-refractivity contribution in [3.63, 3.8) is 0 Å². The molecule has 0 saturated carbocycles. The van der Waals surface area contributed by atoms with E-state index >= 15 is 0 Å². The van der Waals surface area contributed by atoms with Crippen molar-refractivity contribution in [3.05, 3.63) is 40.3 Å². The molecule has 0 aromatic heterocycles. The minimum absolute atomic E-state index is 0.327. The smallest absolute Gasteiger partial charge is 0.351 e. The third-order valence-corrected chi connectivity index (χ3v) is 4.57. The van der Waals surface area contributed by atoms with Crippen molar-refractivity contribution < 1.29 is 18.0 Å². The van der Waals surface area contributed by atoms with Gasteiger partial charge in [-0.1, -0.05) is 12.1 Å². The topological polar surface area (TPSA) is 32.7 Å². The zero-order chi connectivity index (χ0) is 15.7. The molecule has 1 aromatic rings. The van der Waals surface area contributed by atoms with E-state index in [1.807, 2.05) is 0 Å². The van der Waals surface area contributed by atoms with Gasteiger partial charge in [-0.05, 0) is 48.4 Å². The number of hydrogen-bond donors (Lipinski definition) is 0. The molecule has 7 heteroatoms. The highest BCUT2D eigenvalue weighted by atomic mass is 32.2. The Morgan fingerprint density at radius 1 is 1.14 bits per heavy atom. The second kappa shape index (κ2) is 5.79. The maximum absolute atomic E-state index is 12.5. The number of thioether (sulfide) groups is 1. The first-order valence-corrected chi connectivity index (χ1v) is 7.70. The van der Waals surface area contributed by atoms with Crippen LogP contribution >= 0.6 is 11.8 Å². The zero-order valence-corrected chi connectivity index (χ0v) is 12.4. The maximum atomic E-state index is 12.5. The van der Waals surface area contributed by atoms with Crippen LogP contribution in [0.5, 0.6) is 0 Å². The van der Waals surface area contributed by atoms with E-state index in [-0.39, 0.29) is 5.91 Å². The fourth-order valence-corrected chi connectivity index (χ4v) is 3.33. The molecule has 0 unspecified atom stereocenters. The van der Waals surface area contributed by atoms with Crippen LogP contribution in [0.15, 0.2) is 34.2 Å². The molecule has 1 saturated heterocycles. The molecule has 0 aliphatic carbocycles. The minimum atomic E-state index is -4.35. The van der Waals surface area contributed by atoms with E-state index in [2.05, 4.69) is 9.89 Å². The van der Waals surface area contributed by atoms with Crippen molar-refractivity contribution in [1.82, 2.24) is 4.90 Å². The summed E-state index contributed by atoms with van der Waals surface area (Å²) in [7, 11) is 0. The van der Waals surface area contributed by atoms with Crippen LogP contribution in [-0.4, -0.2) is 29.1 Å². The van der Waals surface area contributed by atoms with Crippen molar-refractivity contribution in [2.24, 2.45) is 4.99 Å². The number of nitrogens with zero attached hydrogens (tertiary/aromatic N) is 2. The molecule has 0 bridgehead atoms. The van der Waals surface area contributed by atoms with Gasteiger partial charge in [0.25, 0.3) is 5.91 Å². The van der Waals surface area contributed by atoms with Crippen LogP contribution in [0.3, 0.4) is 0 Å². The summed E-state index contributed by atoms with van der Waals surface area (Å²) in [5, 5.41) is 0.695. The summed E-state index contributed by atoms with van der Waals surface area (Å²) >= 11 is 1.29. The lowest BCUT2D eigenvalue weighted by Gasteiger charge is -2.14. The Hall–Kier alpha value is -1.76. The summed E-state index contributed by atoms with van der Waals surface area (Å²) in [6.45, 7) is 1.79. The van der Waals surface area contributed by atoms with Gasteiger partial charge in [0, 0.05) is 13.1 Å². The van der Waals surface area contributed by atoms with Crippen molar-refractivity contribution in [2.75, 3.05) is 13.1 Å². The zero-order valence-electron chi connectivity index (χ0n) is 11.6. The summed E-state index contributed by atoms with van der Waals surface area (Å²) < 4.78 is 37.5. The Kier molecular flexibility index (Phi) is 3.99. The van der Waals surface area contributed by atoms with E-state index in [1.54, 1.807) is 6.08 Å². The van der Waals surface area contributed by atoms with Gasteiger partial charge >= 0.3 is 6.18 Å². The first kappa shape index (κ1) is 15.1. The van der Waals surface area contributed by atoms with Crippen molar-refractivity contribution >= 4 is 28.9 Å². The standard InChI is InChI=1S/C15H13F3N2OS/c16-15(17,18)11-5-3-10(4-6-11)9-12-13(21)19-14(22-12)20-7-1-2-8-20/h3-6,9H,1-2,7-8H2/b12-9+. The normalized spacial score (nSPS) is 20.9. The highest BCUT2D eigenvalue weighted by Gasteiger charge is 2.30. The van der Waals surface area contributed by atoms with Gasteiger partial charge in [0.1, 0.15) is 0 Å². The van der Waals surface area contributed by atoms with E-state index in [9.17, 15) is 18.0 Å². The number of halogens is 3. The quantitative estimate of drug-likeness (QED) is 0.737. The van der Waals surface area contributed by atoms with Gasteiger partial charge in [-0.25, -0.2) is 0 Å². The average molecular weight is 326 g/mol. The van der Waals surface area contributed by atoms with E-state index in [1.165, 1.54) is 23.9 Å². The Balaban J connectivity index is 1.74. The van der Waals surface area contributed by atoms with E-state index in [0.717, 1.165) is 38.1 Å². The van der Waals surface area contributed by atoms with Gasteiger partial charge in [0.15, 0.2) is 5.17 Å². The predicted octanol–water partition coefficient (Wildman–Crippen LogP) is 3.77. The highest BCUT2D eigenvalue weighted by Crippen LogP contribution is 2.33. The van der Waals surface area contributed by atoms with Crippen LogP contribution in [0.4, 0.5) is 13.2 Å². The summed E-state index contributed by atoms with van der Waals surface area (Å²) in [5.74, 6) is -0.327. The van der Waals surface area contributed by atoms with Gasteiger partial charge in [0.2, 0.25) is 0 Å². The lowest BCUT2D eigenvalue weighted by atomic mass is 10.1. The van der Waals surface area contributed by atoms with E-state index < -0.39 is 11.7 Å². The van der Waals surface area contributed by atoms with Crippen LogP contribution in [0.25, 0.3) is 6.08 Å². The largest absolute Gasteiger partial charge is 0.416 e. The molecule has 3 rings (SSSR count). The Morgan fingerprint density at radius 2 is 1.77 bits per heavy atom.